The highest BCUT2D eigenvalue weighted by Gasteiger charge is 2.25. The first kappa shape index (κ1) is 25.8. The summed E-state index contributed by atoms with van der Waals surface area (Å²) in [6.45, 7) is 0.303. The number of aliphatic imine (C=N–C) groups is 1. The third kappa shape index (κ3) is 6.19. The molecule has 0 saturated heterocycles. The molecule has 4 aromatic rings. The molecule has 1 aliphatic carbocycles. The standard InChI is InChI=1S/C29H23Cl3N2O2S/c30-20-12-10-18(11-13-20)17-36-27-19(14-21(31)15-24(27)32)16-33-29-26(23-8-4-5-9-25(23)37-29)28(35)34-22-6-2-1-3-7-22/h1-3,6-7,10-16H,4-5,8-9,17H2,(H,34,35). The number of nitrogens with zero attached hydrogens (tertiary/aromatic N) is 1. The number of hydrogen-bond acceptors (Lipinski definition) is 4. The van der Waals surface area contributed by atoms with E-state index in [4.69, 9.17) is 44.5 Å². The first-order valence-electron chi connectivity index (χ1n) is 11.9. The minimum atomic E-state index is -0.152. The lowest BCUT2D eigenvalue weighted by Crippen LogP contribution is -2.14. The normalized spacial score (nSPS) is 12.9. The maximum absolute atomic E-state index is 13.4. The van der Waals surface area contributed by atoms with Gasteiger partial charge in [0.2, 0.25) is 0 Å². The zero-order chi connectivity index (χ0) is 25.8. The lowest BCUT2D eigenvalue weighted by Gasteiger charge is -2.13. The number of carbonyl (C=O) groups is 1. The molecule has 0 saturated carbocycles. The van der Waals surface area contributed by atoms with Crippen molar-refractivity contribution < 1.29 is 9.53 Å². The van der Waals surface area contributed by atoms with Gasteiger partial charge in [0.1, 0.15) is 17.4 Å². The number of halogens is 3. The second-order valence-electron chi connectivity index (χ2n) is 8.69. The number of aryl methyl sites for hydroxylation is 1. The van der Waals surface area contributed by atoms with Crippen LogP contribution in [0.1, 0.15) is 44.8 Å². The summed E-state index contributed by atoms with van der Waals surface area (Å²) in [4.78, 5) is 19.4. The average molecular weight is 570 g/mol. The molecule has 0 unspecified atom stereocenters. The van der Waals surface area contributed by atoms with Crippen LogP contribution in [0.25, 0.3) is 0 Å². The van der Waals surface area contributed by atoms with Crippen LogP contribution in [0.4, 0.5) is 10.7 Å². The van der Waals surface area contributed by atoms with Gasteiger partial charge in [0.25, 0.3) is 5.91 Å². The number of amides is 1. The molecule has 1 aliphatic rings. The van der Waals surface area contributed by atoms with Gasteiger partial charge in [-0.1, -0.05) is 65.1 Å². The third-order valence-electron chi connectivity index (χ3n) is 6.07. The van der Waals surface area contributed by atoms with Gasteiger partial charge in [0, 0.05) is 32.4 Å². The maximum Gasteiger partial charge on any atom is 0.259 e. The van der Waals surface area contributed by atoms with Crippen molar-refractivity contribution in [3.63, 3.8) is 0 Å². The maximum atomic E-state index is 13.4. The van der Waals surface area contributed by atoms with E-state index in [2.05, 4.69) is 5.32 Å². The molecule has 1 aromatic heterocycles. The molecule has 0 aliphatic heterocycles. The lowest BCUT2D eigenvalue weighted by atomic mass is 9.95. The summed E-state index contributed by atoms with van der Waals surface area (Å²) in [6.07, 6.45) is 5.68. The van der Waals surface area contributed by atoms with E-state index >= 15 is 0 Å². The van der Waals surface area contributed by atoms with Crippen LogP contribution in [-0.2, 0) is 19.4 Å². The van der Waals surface area contributed by atoms with Crippen LogP contribution in [0.5, 0.6) is 5.75 Å². The fourth-order valence-corrected chi connectivity index (χ4v) is 6.20. The van der Waals surface area contributed by atoms with E-state index in [1.807, 2.05) is 54.6 Å². The minimum absolute atomic E-state index is 0.152. The molecular weight excluding hydrogens is 547 g/mol. The topological polar surface area (TPSA) is 50.7 Å². The molecule has 188 valence electrons. The molecule has 0 radical (unpaired) electrons. The number of carbonyl (C=O) groups excluding carboxylic acids is 1. The number of nitrogens with one attached hydrogen (secondary N) is 1. The summed E-state index contributed by atoms with van der Waals surface area (Å²) < 4.78 is 6.07. The predicted octanol–water partition coefficient (Wildman–Crippen LogP) is 9.17. The van der Waals surface area contributed by atoms with Crippen molar-refractivity contribution in [3.05, 3.63) is 109 Å². The molecule has 3 aromatic carbocycles. The molecule has 37 heavy (non-hydrogen) atoms. The summed E-state index contributed by atoms with van der Waals surface area (Å²) >= 11 is 20.4. The number of para-hydroxylation sites is 1. The number of anilines is 1. The zero-order valence-corrected chi connectivity index (χ0v) is 22.9. The van der Waals surface area contributed by atoms with Crippen molar-refractivity contribution in [2.24, 2.45) is 4.99 Å². The molecule has 0 atom stereocenters. The molecule has 0 spiro atoms. The van der Waals surface area contributed by atoms with Crippen LogP contribution in [0.2, 0.25) is 15.1 Å². The number of hydrogen-bond donors (Lipinski definition) is 1. The Morgan fingerprint density at radius 3 is 2.51 bits per heavy atom. The van der Waals surface area contributed by atoms with Crippen molar-refractivity contribution >= 4 is 68.9 Å². The van der Waals surface area contributed by atoms with Crippen LogP contribution in [0, 0.1) is 0 Å². The molecule has 0 fully saturated rings. The van der Waals surface area contributed by atoms with Gasteiger partial charge in [0.05, 0.1) is 10.6 Å². The van der Waals surface area contributed by atoms with Crippen LogP contribution >= 0.6 is 46.1 Å². The Hall–Kier alpha value is -2.83. The van der Waals surface area contributed by atoms with E-state index < -0.39 is 0 Å². The summed E-state index contributed by atoms with van der Waals surface area (Å²) in [7, 11) is 0. The van der Waals surface area contributed by atoms with Crippen LogP contribution < -0.4 is 10.1 Å². The van der Waals surface area contributed by atoms with Crippen molar-refractivity contribution in [1.29, 1.82) is 0 Å². The molecule has 4 nitrogen and oxygen atoms in total. The van der Waals surface area contributed by atoms with Crippen molar-refractivity contribution in [2.75, 3.05) is 5.32 Å². The van der Waals surface area contributed by atoms with E-state index in [-0.39, 0.29) is 5.91 Å². The smallest absolute Gasteiger partial charge is 0.259 e. The van der Waals surface area contributed by atoms with Gasteiger partial charge < -0.3 is 10.1 Å². The number of benzene rings is 3. The van der Waals surface area contributed by atoms with E-state index in [0.717, 1.165) is 42.5 Å². The van der Waals surface area contributed by atoms with Crippen LogP contribution in [0.15, 0.2) is 71.7 Å². The molecule has 5 rings (SSSR count). The highest BCUT2D eigenvalue weighted by atomic mass is 35.5. The van der Waals surface area contributed by atoms with Gasteiger partial charge in [-0.15, -0.1) is 11.3 Å². The van der Waals surface area contributed by atoms with Gasteiger partial charge in [0.15, 0.2) is 0 Å². The van der Waals surface area contributed by atoms with E-state index in [1.54, 1.807) is 29.7 Å². The Bertz CT molecular complexity index is 1450. The van der Waals surface area contributed by atoms with Crippen LogP contribution in [-0.4, -0.2) is 12.1 Å². The molecular formula is C29H23Cl3N2O2S. The van der Waals surface area contributed by atoms with Gasteiger partial charge in [-0.3, -0.25) is 4.79 Å². The lowest BCUT2D eigenvalue weighted by molar-refractivity contribution is 0.102. The number of rotatable bonds is 7. The Labute approximate surface area is 234 Å². The van der Waals surface area contributed by atoms with E-state index in [0.29, 0.717) is 43.6 Å². The Kier molecular flexibility index (Phi) is 8.16. The van der Waals surface area contributed by atoms with E-state index in [9.17, 15) is 4.79 Å². The molecule has 1 heterocycles. The SMILES string of the molecule is O=C(Nc1ccccc1)c1c(N=Cc2cc(Cl)cc(Cl)c2OCc2ccc(Cl)cc2)sc2c1CCCC2. The predicted molar refractivity (Wildman–Crippen MR) is 155 cm³/mol. The van der Waals surface area contributed by atoms with Crippen molar-refractivity contribution in [1.82, 2.24) is 0 Å². The molecule has 1 amide bonds. The fourth-order valence-electron chi connectivity index (χ4n) is 4.28. The molecule has 0 bridgehead atoms. The summed E-state index contributed by atoms with van der Waals surface area (Å²) in [5, 5.41) is 5.20. The second-order valence-corrected chi connectivity index (χ2v) is 11.1. The minimum Gasteiger partial charge on any atom is -0.487 e. The van der Waals surface area contributed by atoms with Gasteiger partial charge in [-0.2, -0.15) is 0 Å². The van der Waals surface area contributed by atoms with Crippen molar-refractivity contribution in [3.8, 4) is 5.75 Å². The quantitative estimate of drug-likeness (QED) is 0.226. The van der Waals surface area contributed by atoms with Gasteiger partial charge in [-0.25, -0.2) is 4.99 Å². The number of fused-ring (bicyclic) bond motifs is 1. The summed E-state index contributed by atoms with van der Waals surface area (Å²) in [5.74, 6) is 0.322. The third-order valence-corrected chi connectivity index (χ3v) is 8.02. The summed E-state index contributed by atoms with van der Waals surface area (Å²) in [6, 6.07) is 20.3. The van der Waals surface area contributed by atoms with Crippen LogP contribution in [0.3, 0.4) is 0 Å². The largest absolute Gasteiger partial charge is 0.487 e. The first-order chi connectivity index (χ1) is 18.0. The van der Waals surface area contributed by atoms with Gasteiger partial charge >= 0.3 is 0 Å². The fraction of sp³-hybridized carbons (Fsp3) is 0.172. The highest BCUT2D eigenvalue weighted by molar-refractivity contribution is 7.16. The molecule has 1 N–H and O–H groups in total. The Morgan fingerprint density at radius 2 is 1.73 bits per heavy atom. The van der Waals surface area contributed by atoms with Crippen molar-refractivity contribution in [2.45, 2.75) is 32.3 Å². The number of thiophene rings is 1. The Balaban J connectivity index is 1.46. The second kappa shape index (κ2) is 11.7. The monoisotopic (exact) mass is 568 g/mol. The molecule has 8 heteroatoms. The van der Waals surface area contributed by atoms with E-state index in [1.165, 1.54) is 4.88 Å². The van der Waals surface area contributed by atoms with Gasteiger partial charge in [-0.05, 0) is 73.2 Å². The highest BCUT2D eigenvalue weighted by Crippen LogP contribution is 2.41. The zero-order valence-electron chi connectivity index (χ0n) is 19.8. The Morgan fingerprint density at radius 1 is 0.973 bits per heavy atom. The average Bonchev–Trinajstić information content (AvgIpc) is 3.27. The first-order valence-corrected chi connectivity index (χ1v) is 13.8. The summed E-state index contributed by atoms with van der Waals surface area (Å²) in [5.41, 5.74) is 4.06. The number of ether oxygens (including phenoxy) is 1.